The average Bonchev–Trinajstić information content (AvgIpc) is 3.11. The highest BCUT2D eigenvalue weighted by molar-refractivity contribution is 6.00. The Hall–Kier alpha value is -6.98. The first kappa shape index (κ1) is 41.4. The number of carbonyl (C=O) groups is 8. The summed E-state index contributed by atoms with van der Waals surface area (Å²) in [4.78, 5) is 100. The predicted molar refractivity (Wildman–Crippen MR) is 185 cm³/mol. The molecule has 0 unspecified atom stereocenters. The molecule has 0 heterocycles. The van der Waals surface area contributed by atoms with E-state index in [0.29, 0.717) is 5.69 Å². The number of benzene rings is 3. The van der Waals surface area contributed by atoms with Crippen LogP contribution in [0, 0.1) is 5.41 Å². The van der Waals surface area contributed by atoms with Gasteiger partial charge in [-0.15, -0.1) is 0 Å². The number of esters is 4. The number of anilines is 1. The molecule has 2 atom stereocenters. The molecule has 3 aromatic carbocycles. The second-order valence-electron chi connectivity index (χ2n) is 12.1. The fourth-order valence-electron chi connectivity index (χ4n) is 4.21. The molecule has 3 rings (SSSR count). The highest BCUT2D eigenvalue weighted by atomic mass is 16.6. The smallest absolute Gasteiger partial charge is 0.349 e. The van der Waals surface area contributed by atoms with E-state index in [1.165, 1.54) is 50.6 Å². The van der Waals surface area contributed by atoms with Crippen molar-refractivity contribution in [1.82, 2.24) is 10.9 Å². The molecule has 0 spiro atoms. The lowest BCUT2D eigenvalue weighted by Gasteiger charge is -2.24. The fraction of sp³-hybridized carbons (Fsp3) is 0.278. The summed E-state index contributed by atoms with van der Waals surface area (Å²) in [6, 6.07) is 12.2. The van der Waals surface area contributed by atoms with E-state index in [0.717, 1.165) is 38.1 Å². The molecule has 4 N–H and O–H groups in total. The molecular weight excluding hydrogens is 714 g/mol. The number of hydrazine groups is 1. The highest BCUT2D eigenvalue weighted by Gasteiger charge is 2.41. The Kier molecular flexibility index (Phi) is 13.8. The number of hydrogen-bond donors (Lipinski definition) is 4. The summed E-state index contributed by atoms with van der Waals surface area (Å²) in [6.07, 6.45) is -4.97. The van der Waals surface area contributed by atoms with Gasteiger partial charge in [-0.2, -0.15) is 0 Å². The van der Waals surface area contributed by atoms with Crippen LogP contribution >= 0.6 is 0 Å². The van der Waals surface area contributed by atoms with Crippen LogP contribution in [-0.2, 0) is 33.4 Å². The van der Waals surface area contributed by atoms with Gasteiger partial charge < -0.3 is 38.8 Å². The molecule has 0 bridgehead atoms. The molecule has 0 saturated carbocycles. The summed E-state index contributed by atoms with van der Waals surface area (Å²) in [7, 11) is 2.41. The number of carboxylic acid groups (broad SMARTS) is 1. The summed E-state index contributed by atoms with van der Waals surface area (Å²) in [5.41, 5.74) is 3.06. The lowest BCUT2D eigenvalue weighted by molar-refractivity contribution is -0.159. The topological polar surface area (TPSA) is 248 Å². The van der Waals surface area contributed by atoms with Gasteiger partial charge in [-0.05, 0) is 60.7 Å². The van der Waals surface area contributed by atoms with Crippen molar-refractivity contribution in [2.75, 3.05) is 19.5 Å². The van der Waals surface area contributed by atoms with Crippen LogP contribution in [0.2, 0.25) is 0 Å². The van der Waals surface area contributed by atoms with Gasteiger partial charge in [0.2, 0.25) is 18.1 Å². The van der Waals surface area contributed by atoms with E-state index in [2.05, 4.69) is 10.7 Å². The maximum absolute atomic E-state index is 13.5. The first-order chi connectivity index (χ1) is 25.3. The van der Waals surface area contributed by atoms with E-state index in [-0.39, 0.29) is 45.6 Å². The Balaban J connectivity index is 1.91. The number of ether oxygens (including phenoxy) is 6. The van der Waals surface area contributed by atoms with Crippen molar-refractivity contribution in [3.63, 3.8) is 0 Å². The van der Waals surface area contributed by atoms with Crippen molar-refractivity contribution < 1.29 is 71.9 Å². The number of amides is 3. The average molecular weight is 752 g/mol. The van der Waals surface area contributed by atoms with Crippen molar-refractivity contribution >= 4 is 53.3 Å². The third kappa shape index (κ3) is 11.3. The van der Waals surface area contributed by atoms with E-state index in [4.69, 9.17) is 28.4 Å². The third-order valence-corrected chi connectivity index (χ3v) is 6.94. The van der Waals surface area contributed by atoms with Gasteiger partial charge in [-0.3, -0.25) is 34.8 Å². The van der Waals surface area contributed by atoms with Gasteiger partial charge in [0.25, 0.3) is 11.8 Å². The fourth-order valence-corrected chi connectivity index (χ4v) is 4.21. The molecule has 0 aliphatic rings. The van der Waals surface area contributed by atoms with E-state index in [9.17, 15) is 43.5 Å². The molecule has 18 heteroatoms. The van der Waals surface area contributed by atoms with Gasteiger partial charge in [0.15, 0.2) is 23.0 Å². The van der Waals surface area contributed by atoms with Crippen LogP contribution in [0.15, 0.2) is 60.7 Å². The zero-order chi connectivity index (χ0) is 40.3. The Bertz CT molecular complexity index is 1950. The van der Waals surface area contributed by atoms with E-state index < -0.39 is 59.3 Å². The molecular formula is C36H37N3O15. The quantitative estimate of drug-likeness (QED) is 0.111. The van der Waals surface area contributed by atoms with Gasteiger partial charge in [0.1, 0.15) is 0 Å². The third-order valence-electron chi connectivity index (χ3n) is 6.94. The number of carbonyl (C=O) groups excluding carboxylic acids is 7. The second kappa shape index (κ2) is 18.0. The van der Waals surface area contributed by atoms with Gasteiger partial charge in [-0.1, -0.05) is 20.8 Å². The first-order valence-electron chi connectivity index (χ1n) is 15.7. The molecule has 3 amide bonds. The molecule has 0 aliphatic carbocycles. The number of carboxylic acids is 1. The Morgan fingerprint density at radius 3 is 1.46 bits per heavy atom. The lowest BCUT2D eigenvalue weighted by Crippen LogP contribution is -2.54. The summed E-state index contributed by atoms with van der Waals surface area (Å²) in [5.74, 6) is -8.99. The number of rotatable bonds is 13. The van der Waals surface area contributed by atoms with Gasteiger partial charge in [-0.25, -0.2) is 14.4 Å². The Morgan fingerprint density at radius 2 is 1.06 bits per heavy atom. The maximum atomic E-state index is 13.5. The van der Waals surface area contributed by atoms with Crippen LogP contribution in [0.25, 0.3) is 0 Å². The standard InChI is InChI=1S/C36H37N3O15/c1-18(40)51-24-14-10-21(16-26(24)49-6)33(46)53-28(29(32(44)45)54-34(47)22-11-15-25(52-19(2)41)27(17-22)50-7)31(43)39-38-30(42)20-8-12-23(13-9-20)37-35(48)36(3,4)5/h8-17,28-29H,1-7H3,(H,37,48)(H,38,42)(H,39,43)(H,44,45)/t28-,29+/m0/s1. The predicted octanol–water partition coefficient (Wildman–Crippen LogP) is 2.84. The Labute approximate surface area is 308 Å². The van der Waals surface area contributed by atoms with E-state index in [1.54, 1.807) is 20.8 Å². The van der Waals surface area contributed by atoms with Crippen molar-refractivity contribution in [2.24, 2.45) is 5.41 Å². The van der Waals surface area contributed by atoms with Crippen LogP contribution in [0.4, 0.5) is 5.69 Å². The van der Waals surface area contributed by atoms with E-state index >= 15 is 0 Å². The Morgan fingerprint density at radius 1 is 0.611 bits per heavy atom. The highest BCUT2D eigenvalue weighted by Crippen LogP contribution is 2.30. The summed E-state index contributed by atoms with van der Waals surface area (Å²) in [6.45, 7) is 7.40. The number of nitrogens with one attached hydrogen (secondary N) is 3. The normalized spacial score (nSPS) is 11.8. The minimum atomic E-state index is -2.52. The van der Waals surface area contributed by atoms with Crippen molar-refractivity contribution in [2.45, 2.75) is 46.8 Å². The zero-order valence-corrected chi connectivity index (χ0v) is 30.1. The van der Waals surface area contributed by atoms with Crippen molar-refractivity contribution in [1.29, 1.82) is 0 Å². The summed E-state index contributed by atoms with van der Waals surface area (Å²) < 4.78 is 30.7. The minimum Gasteiger partial charge on any atom is -0.493 e. The SMILES string of the molecule is COc1cc(C(=O)O[C@H](C(=O)NNC(=O)c2ccc(NC(=O)C(C)(C)C)cc2)[C@@H](OC(=O)c2ccc(OC(C)=O)c(OC)c2)C(=O)O)ccc1OC(C)=O. The summed E-state index contributed by atoms with van der Waals surface area (Å²) >= 11 is 0. The molecule has 0 fully saturated rings. The van der Waals surface area contributed by atoms with Crippen LogP contribution < -0.4 is 35.1 Å². The molecule has 0 saturated heterocycles. The molecule has 0 radical (unpaired) electrons. The van der Waals surface area contributed by atoms with Crippen molar-refractivity contribution in [3.05, 3.63) is 77.4 Å². The zero-order valence-electron chi connectivity index (χ0n) is 30.1. The number of aliphatic carboxylic acids is 1. The molecule has 0 aliphatic heterocycles. The summed E-state index contributed by atoms with van der Waals surface area (Å²) in [5, 5.41) is 12.8. The number of hydrogen-bond acceptors (Lipinski definition) is 14. The molecule has 0 aromatic heterocycles. The second-order valence-corrected chi connectivity index (χ2v) is 12.1. The number of methoxy groups -OCH3 is 2. The minimum absolute atomic E-state index is 0.00933. The van der Waals surface area contributed by atoms with Crippen molar-refractivity contribution in [3.8, 4) is 23.0 Å². The van der Waals surface area contributed by atoms with Gasteiger partial charge in [0, 0.05) is 30.5 Å². The van der Waals surface area contributed by atoms with Crippen LogP contribution in [0.5, 0.6) is 23.0 Å². The monoisotopic (exact) mass is 751 g/mol. The van der Waals surface area contributed by atoms with Gasteiger partial charge >= 0.3 is 29.8 Å². The largest absolute Gasteiger partial charge is 0.493 e. The lowest BCUT2D eigenvalue weighted by atomic mass is 9.95. The van der Waals surface area contributed by atoms with E-state index in [1.807, 2.05) is 5.43 Å². The van der Waals surface area contributed by atoms with Crippen LogP contribution in [-0.4, -0.2) is 79.1 Å². The molecule has 54 heavy (non-hydrogen) atoms. The first-order valence-corrected chi connectivity index (χ1v) is 15.7. The molecule has 18 nitrogen and oxygen atoms in total. The van der Waals surface area contributed by atoms with Crippen LogP contribution in [0.1, 0.15) is 65.7 Å². The van der Waals surface area contributed by atoms with Gasteiger partial charge in [0.05, 0.1) is 25.3 Å². The molecule has 3 aromatic rings. The maximum Gasteiger partial charge on any atom is 0.349 e. The van der Waals surface area contributed by atoms with Crippen LogP contribution in [0.3, 0.4) is 0 Å². The molecule has 286 valence electrons.